The van der Waals surface area contributed by atoms with Crippen LogP contribution >= 0.6 is 0 Å². The summed E-state index contributed by atoms with van der Waals surface area (Å²) in [5, 5.41) is 0. The number of anilines is 1. The zero-order valence-electron chi connectivity index (χ0n) is 6.29. The van der Waals surface area contributed by atoms with E-state index in [0.29, 0.717) is 6.61 Å². The normalized spacial score (nSPS) is 9.91. The lowest BCUT2D eigenvalue weighted by atomic mass is 10.1. The zero-order chi connectivity index (χ0) is 8.10. The highest BCUT2D eigenvalue weighted by Gasteiger charge is 1.90. The lowest BCUT2D eigenvalue weighted by molar-refractivity contribution is 0.141. The molecule has 0 saturated carbocycles. The summed E-state index contributed by atoms with van der Waals surface area (Å²) in [7, 11) is 0. The Morgan fingerprint density at radius 2 is 1.82 bits per heavy atom. The molecule has 0 aromatic heterocycles. The Bertz CT molecular complexity index is 208. The lowest BCUT2D eigenvalue weighted by Gasteiger charge is -1.99. The van der Waals surface area contributed by atoms with Crippen LogP contribution in [0.25, 0.3) is 0 Å². The van der Waals surface area contributed by atoms with Gasteiger partial charge in [0.15, 0.2) is 0 Å². The van der Waals surface area contributed by atoms with Crippen molar-refractivity contribution >= 4 is 5.69 Å². The molecule has 11 heavy (non-hydrogen) atoms. The number of rotatable bonds is 3. The topological polar surface area (TPSA) is 61.3 Å². The van der Waals surface area contributed by atoms with Gasteiger partial charge in [0.05, 0.1) is 6.61 Å². The van der Waals surface area contributed by atoms with Gasteiger partial charge in [0.1, 0.15) is 0 Å². The zero-order valence-corrected chi connectivity index (χ0v) is 6.29. The van der Waals surface area contributed by atoms with Crippen molar-refractivity contribution in [2.75, 3.05) is 12.3 Å². The molecule has 0 heterocycles. The van der Waals surface area contributed by atoms with E-state index in [1.807, 2.05) is 24.3 Å². The third kappa shape index (κ3) is 2.57. The van der Waals surface area contributed by atoms with Gasteiger partial charge in [-0.3, -0.25) is 0 Å². The van der Waals surface area contributed by atoms with Crippen LogP contribution in [0.15, 0.2) is 24.3 Å². The molecule has 0 amide bonds. The first kappa shape index (κ1) is 8.04. The molecule has 0 aliphatic heterocycles. The maximum atomic E-state index is 5.50. The summed E-state index contributed by atoms with van der Waals surface area (Å²) < 4.78 is 0. The van der Waals surface area contributed by atoms with Crippen molar-refractivity contribution in [1.29, 1.82) is 0 Å². The van der Waals surface area contributed by atoms with Crippen molar-refractivity contribution in [2.24, 2.45) is 5.90 Å². The molecule has 0 atom stereocenters. The first-order valence-electron chi connectivity index (χ1n) is 3.49. The predicted octanol–water partition coefficient (Wildman–Crippen LogP) is 0.702. The SMILES string of the molecule is NOCCc1ccc(N)cc1. The van der Waals surface area contributed by atoms with Crippen LogP contribution in [0.1, 0.15) is 5.56 Å². The van der Waals surface area contributed by atoms with Crippen LogP contribution in [-0.2, 0) is 11.3 Å². The van der Waals surface area contributed by atoms with E-state index in [2.05, 4.69) is 4.84 Å². The summed E-state index contributed by atoms with van der Waals surface area (Å²) in [6.45, 7) is 0.546. The Labute approximate surface area is 65.9 Å². The Morgan fingerprint density at radius 1 is 1.18 bits per heavy atom. The van der Waals surface area contributed by atoms with E-state index in [-0.39, 0.29) is 0 Å². The van der Waals surface area contributed by atoms with E-state index in [9.17, 15) is 0 Å². The number of hydrogen-bond acceptors (Lipinski definition) is 3. The molecule has 0 saturated heterocycles. The molecule has 1 aromatic rings. The second-order valence-corrected chi connectivity index (χ2v) is 2.36. The van der Waals surface area contributed by atoms with Crippen molar-refractivity contribution in [3.63, 3.8) is 0 Å². The molecule has 3 heteroatoms. The molecule has 0 bridgehead atoms. The number of nitrogen functional groups attached to an aromatic ring is 1. The molecule has 0 fully saturated rings. The summed E-state index contributed by atoms with van der Waals surface area (Å²) in [4.78, 5) is 4.44. The van der Waals surface area contributed by atoms with Crippen LogP contribution in [0.3, 0.4) is 0 Å². The third-order valence-corrected chi connectivity index (χ3v) is 1.49. The fourth-order valence-electron chi connectivity index (χ4n) is 0.861. The molecule has 60 valence electrons. The fraction of sp³-hybridized carbons (Fsp3) is 0.250. The predicted molar refractivity (Wildman–Crippen MR) is 44.7 cm³/mol. The van der Waals surface area contributed by atoms with Crippen molar-refractivity contribution in [1.82, 2.24) is 0 Å². The van der Waals surface area contributed by atoms with Crippen LogP contribution in [-0.4, -0.2) is 6.61 Å². The van der Waals surface area contributed by atoms with Gasteiger partial charge in [-0.25, -0.2) is 5.90 Å². The van der Waals surface area contributed by atoms with Gasteiger partial charge in [-0.2, -0.15) is 0 Å². The van der Waals surface area contributed by atoms with Crippen molar-refractivity contribution < 1.29 is 4.84 Å². The largest absolute Gasteiger partial charge is 0.399 e. The fourth-order valence-corrected chi connectivity index (χ4v) is 0.861. The highest BCUT2D eigenvalue weighted by molar-refractivity contribution is 5.39. The average Bonchev–Trinajstić information content (AvgIpc) is 2.04. The molecule has 3 nitrogen and oxygen atoms in total. The van der Waals surface area contributed by atoms with E-state index >= 15 is 0 Å². The summed E-state index contributed by atoms with van der Waals surface area (Å²) in [6, 6.07) is 7.67. The quantitative estimate of drug-likeness (QED) is 0.495. The van der Waals surface area contributed by atoms with Crippen molar-refractivity contribution in [3.05, 3.63) is 29.8 Å². The van der Waals surface area contributed by atoms with Gasteiger partial charge in [-0.15, -0.1) is 0 Å². The summed E-state index contributed by atoms with van der Waals surface area (Å²) in [5.74, 6) is 4.88. The molecule has 0 aliphatic carbocycles. The summed E-state index contributed by atoms with van der Waals surface area (Å²) >= 11 is 0. The Hall–Kier alpha value is -1.06. The van der Waals surface area contributed by atoms with Gasteiger partial charge in [0.2, 0.25) is 0 Å². The molecule has 1 aromatic carbocycles. The molecule has 0 aliphatic rings. The molecule has 0 radical (unpaired) electrons. The molecule has 0 spiro atoms. The van der Waals surface area contributed by atoms with Gasteiger partial charge in [-0.05, 0) is 24.1 Å². The minimum absolute atomic E-state index is 0.546. The smallest absolute Gasteiger partial charge is 0.0719 e. The first-order valence-corrected chi connectivity index (χ1v) is 3.49. The van der Waals surface area contributed by atoms with Crippen LogP contribution in [0.2, 0.25) is 0 Å². The summed E-state index contributed by atoms with van der Waals surface area (Å²) in [6.07, 6.45) is 0.830. The molecule has 1 rings (SSSR count). The maximum Gasteiger partial charge on any atom is 0.0719 e. The van der Waals surface area contributed by atoms with E-state index in [0.717, 1.165) is 12.1 Å². The number of hydrogen-bond donors (Lipinski definition) is 2. The molecule has 0 unspecified atom stereocenters. The van der Waals surface area contributed by atoms with E-state index < -0.39 is 0 Å². The van der Waals surface area contributed by atoms with Crippen LogP contribution in [0, 0.1) is 0 Å². The first-order chi connectivity index (χ1) is 5.33. The molecular formula is C8H12N2O. The van der Waals surface area contributed by atoms with Crippen LogP contribution in [0.4, 0.5) is 5.69 Å². The van der Waals surface area contributed by atoms with Crippen molar-refractivity contribution in [2.45, 2.75) is 6.42 Å². The van der Waals surface area contributed by atoms with Crippen LogP contribution < -0.4 is 11.6 Å². The number of nitrogens with two attached hydrogens (primary N) is 2. The Kier molecular flexibility index (Phi) is 2.89. The maximum absolute atomic E-state index is 5.50. The van der Waals surface area contributed by atoms with Gasteiger partial charge in [0, 0.05) is 5.69 Å². The summed E-state index contributed by atoms with van der Waals surface area (Å²) in [5.41, 5.74) is 7.46. The Balaban J connectivity index is 2.52. The highest BCUT2D eigenvalue weighted by Crippen LogP contribution is 2.05. The second kappa shape index (κ2) is 3.95. The lowest BCUT2D eigenvalue weighted by Crippen LogP contribution is -2.03. The van der Waals surface area contributed by atoms with Gasteiger partial charge < -0.3 is 10.6 Å². The van der Waals surface area contributed by atoms with Crippen molar-refractivity contribution in [3.8, 4) is 0 Å². The minimum Gasteiger partial charge on any atom is -0.399 e. The van der Waals surface area contributed by atoms with Crippen LogP contribution in [0.5, 0.6) is 0 Å². The molecular weight excluding hydrogens is 140 g/mol. The van der Waals surface area contributed by atoms with E-state index in [1.54, 1.807) is 0 Å². The third-order valence-electron chi connectivity index (χ3n) is 1.49. The number of benzene rings is 1. The minimum atomic E-state index is 0.546. The van der Waals surface area contributed by atoms with Gasteiger partial charge in [0.25, 0.3) is 0 Å². The Morgan fingerprint density at radius 3 is 2.36 bits per heavy atom. The molecule has 4 N–H and O–H groups in total. The van der Waals surface area contributed by atoms with E-state index in [4.69, 9.17) is 11.6 Å². The average molecular weight is 152 g/mol. The van der Waals surface area contributed by atoms with Gasteiger partial charge in [-0.1, -0.05) is 12.1 Å². The monoisotopic (exact) mass is 152 g/mol. The second-order valence-electron chi connectivity index (χ2n) is 2.36. The van der Waals surface area contributed by atoms with Gasteiger partial charge >= 0.3 is 0 Å². The standard InChI is InChI=1S/C8H12N2O/c9-8-3-1-7(2-4-8)5-6-11-10/h1-4H,5-6,9-10H2. The van der Waals surface area contributed by atoms with E-state index in [1.165, 1.54) is 5.56 Å². The highest BCUT2D eigenvalue weighted by atomic mass is 16.6.